The number of nitrogens with two attached hydrogens (primary N) is 1. The van der Waals surface area contributed by atoms with Crippen LogP contribution in [0.1, 0.15) is 24.0 Å². The van der Waals surface area contributed by atoms with Gasteiger partial charge in [0.05, 0.1) is 5.69 Å². The van der Waals surface area contributed by atoms with E-state index < -0.39 is 0 Å². The molecule has 3 rings (SSSR count). The molecule has 0 atom stereocenters. The van der Waals surface area contributed by atoms with Gasteiger partial charge in [-0.2, -0.15) is 0 Å². The van der Waals surface area contributed by atoms with Crippen LogP contribution in [-0.4, -0.2) is 48.7 Å². The smallest absolute Gasteiger partial charge is 0.172 e. The van der Waals surface area contributed by atoms with Crippen molar-refractivity contribution in [3.8, 4) is 0 Å². The number of aryl methyl sites for hydroxylation is 1. The van der Waals surface area contributed by atoms with E-state index in [0.717, 1.165) is 43.3 Å². The quantitative estimate of drug-likeness (QED) is 0.382. The fourth-order valence-electron chi connectivity index (χ4n) is 3.16. The first-order valence-corrected chi connectivity index (χ1v) is 7.74. The summed E-state index contributed by atoms with van der Waals surface area (Å²) in [5, 5.41) is 12.2. The first kappa shape index (κ1) is 14.2. The fraction of sp³-hybridized carbons (Fsp3) is 0.562. The molecule has 0 unspecified atom stereocenters. The maximum absolute atomic E-state index is 8.99. The lowest BCUT2D eigenvalue weighted by atomic mass is 10.0. The molecule has 1 saturated heterocycles. The molecule has 3 N–H and O–H groups in total. The Morgan fingerprint density at radius 1 is 1.29 bits per heavy atom. The molecule has 1 heterocycles. The monoisotopic (exact) mass is 288 g/mol. The summed E-state index contributed by atoms with van der Waals surface area (Å²) in [5.74, 6) is 1.14. The molecular formula is C16H24N4O. The second kappa shape index (κ2) is 5.93. The molecular weight excluding hydrogens is 264 g/mol. The largest absolute Gasteiger partial charge is 0.409 e. The molecule has 1 aromatic carbocycles. The highest BCUT2D eigenvalue weighted by Crippen LogP contribution is 2.31. The SMILES string of the molecule is Cc1cccc(/C(N)=N/O)c1N1CCN(CC2CC2)CC1. The van der Waals surface area contributed by atoms with E-state index in [9.17, 15) is 0 Å². The molecule has 0 amide bonds. The molecule has 0 spiro atoms. The molecule has 5 nitrogen and oxygen atoms in total. The first-order valence-electron chi connectivity index (χ1n) is 7.74. The zero-order valence-electron chi connectivity index (χ0n) is 12.6. The van der Waals surface area contributed by atoms with Crippen LogP contribution in [0, 0.1) is 12.8 Å². The summed E-state index contributed by atoms with van der Waals surface area (Å²) in [6.45, 7) is 7.54. The Hall–Kier alpha value is -1.75. The van der Waals surface area contributed by atoms with Gasteiger partial charge in [-0.25, -0.2) is 0 Å². The van der Waals surface area contributed by atoms with E-state index in [4.69, 9.17) is 10.9 Å². The highest BCUT2D eigenvalue weighted by atomic mass is 16.4. The van der Waals surface area contributed by atoms with E-state index in [-0.39, 0.29) is 5.84 Å². The minimum Gasteiger partial charge on any atom is -0.409 e. The van der Waals surface area contributed by atoms with Gasteiger partial charge >= 0.3 is 0 Å². The molecule has 1 aliphatic carbocycles. The van der Waals surface area contributed by atoms with Crippen LogP contribution >= 0.6 is 0 Å². The number of nitrogens with zero attached hydrogens (tertiary/aromatic N) is 3. The van der Waals surface area contributed by atoms with Crippen LogP contribution in [0.3, 0.4) is 0 Å². The summed E-state index contributed by atoms with van der Waals surface area (Å²) in [6, 6.07) is 5.96. The van der Waals surface area contributed by atoms with E-state index >= 15 is 0 Å². The highest BCUT2D eigenvalue weighted by molar-refractivity contribution is 6.02. The fourth-order valence-corrected chi connectivity index (χ4v) is 3.16. The first-order chi connectivity index (χ1) is 10.2. The predicted octanol–water partition coefficient (Wildman–Crippen LogP) is 1.62. The lowest BCUT2D eigenvalue weighted by Gasteiger charge is -2.37. The van der Waals surface area contributed by atoms with Crippen molar-refractivity contribution in [2.45, 2.75) is 19.8 Å². The van der Waals surface area contributed by atoms with E-state index in [2.05, 4.69) is 27.9 Å². The van der Waals surface area contributed by atoms with E-state index in [1.54, 1.807) is 0 Å². The van der Waals surface area contributed by atoms with Gasteiger partial charge in [0, 0.05) is 38.3 Å². The zero-order chi connectivity index (χ0) is 14.8. The molecule has 0 aromatic heterocycles. The molecule has 2 aliphatic rings. The van der Waals surface area contributed by atoms with E-state index in [1.807, 2.05) is 12.1 Å². The topological polar surface area (TPSA) is 65.1 Å². The van der Waals surface area contributed by atoms with Crippen molar-refractivity contribution in [2.24, 2.45) is 16.8 Å². The minimum atomic E-state index is 0.189. The molecule has 1 aromatic rings. The number of oxime groups is 1. The van der Waals surface area contributed by atoms with Crippen LogP contribution in [0.25, 0.3) is 0 Å². The number of hydrogen-bond donors (Lipinski definition) is 2. The second-order valence-corrected chi connectivity index (χ2v) is 6.19. The minimum absolute atomic E-state index is 0.189. The van der Waals surface area contributed by atoms with Gasteiger partial charge in [-0.15, -0.1) is 0 Å². The maximum atomic E-state index is 8.99. The van der Waals surface area contributed by atoms with Gasteiger partial charge in [-0.05, 0) is 37.3 Å². The molecule has 5 heteroatoms. The van der Waals surface area contributed by atoms with Crippen LogP contribution in [0.5, 0.6) is 0 Å². The Kier molecular flexibility index (Phi) is 4.01. The average molecular weight is 288 g/mol. The Balaban J connectivity index is 1.75. The lowest BCUT2D eigenvalue weighted by molar-refractivity contribution is 0.248. The number of benzene rings is 1. The molecule has 21 heavy (non-hydrogen) atoms. The Labute approximate surface area is 126 Å². The van der Waals surface area contributed by atoms with Crippen molar-refractivity contribution in [1.29, 1.82) is 0 Å². The third-order valence-corrected chi connectivity index (χ3v) is 4.52. The van der Waals surface area contributed by atoms with Gasteiger partial charge in [0.2, 0.25) is 0 Å². The van der Waals surface area contributed by atoms with Crippen molar-refractivity contribution in [3.05, 3.63) is 29.3 Å². The van der Waals surface area contributed by atoms with Crippen molar-refractivity contribution in [1.82, 2.24) is 4.90 Å². The van der Waals surface area contributed by atoms with Crippen molar-refractivity contribution < 1.29 is 5.21 Å². The third kappa shape index (κ3) is 3.13. The van der Waals surface area contributed by atoms with Crippen LogP contribution in [0.15, 0.2) is 23.4 Å². The summed E-state index contributed by atoms with van der Waals surface area (Å²) >= 11 is 0. The number of rotatable bonds is 4. The van der Waals surface area contributed by atoms with Gasteiger partial charge in [0.25, 0.3) is 0 Å². The number of anilines is 1. The normalized spacial score (nSPS) is 20.8. The van der Waals surface area contributed by atoms with Gasteiger partial charge in [-0.3, -0.25) is 4.90 Å². The van der Waals surface area contributed by atoms with Gasteiger partial charge in [0.15, 0.2) is 5.84 Å². The molecule has 0 radical (unpaired) electrons. The summed E-state index contributed by atoms with van der Waals surface area (Å²) in [7, 11) is 0. The number of para-hydroxylation sites is 1. The summed E-state index contributed by atoms with van der Waals surface area (Å²) < 4.78 is 0. The predicted molar refractivity (Wildman–Crippen MR) is 85.1 cm³/mol. The maximum Gasteiger partial charge on any atom is 0.172 e. The molecule has 114 valence electrons. The zero-order valence-corrected chi connectivity index (χ0v) is 12.6. The average Bonchev–Trinajstić information content (AvgIpc) is 3.31. The summed E-state index contributed by atoms with van der Waals surface area (Å²) in [4.78, 5) is 4.93. The Morgan fingerprint density at radius 2 is 2.00 bits per heavy atom. The Morgan fingerprint density at radius 3 is 2.62 bits per heavy atom. The van der Waals surface area contributed by atoms with Crippen molar-refractivity contribution >= 4 is 11.5 Å². The van der Waals surface area contributed by atoms with Crippen LogP contribution in [0.2, 0.25) is 0 Å². The summed E-state index contributed by atoms with van der Waals surface area (Å²) in [5.41, 5.74) is 8.95. The van der Waals surface area contributed by atoms with Crippen molar-refractivity contribution in [2.75, 3.05) is 37.6 Å². The van der Waals surface area contributed by atoms with Gasteiger partial charge < -0.3 is 15.8 Å². The van der Waals surface area contributed by atoms with Crippen LogP contribution < -0.4 is 10.6 Å². The molecule has 0 bridgehead atoms. The van der Waals surface area contributed by atoms with E-state index in [1.165, 1.54) is 24.9 Å². The summed E-state index contributed by atoms with van der Waals surface area (Å²) in [6.07, 6.45) is 2.82. The lowest BCUT2D eigenvalue weighted by Crippen LogP contribution is -2.47. The highest BCUT2D eigenvalue weighted by Gasteiger charge is 2.27. The van der Waals surface area contributed by atoms with Gasteiger partial charge in [0.1, 0.15) is 0 Å². The second-order valence-electron chi connectivity index (χ2n) is 6.19. The molecule has 2 fully saturated rings. The van der Waals surface area contributed by atoms with Crippen LogP contribution in [0.4, 0.5) is 5.69 Å². The standard InChI is InChI=1S/C16H24N4O/c1-12-3-2-4-14(16(17)18-21)15(12)20-9-7-19(8-10-20)11-13-5-6-13/h2-4,13,21H,5-11H2,1H3,(H2,17,18). The third-order valence-electron chi connectivity index (χ3n) is 4.52. The number of hydrogen-bond acceptors (Lipinski definition) is 4. The molecule has 1 aliphatic heterocycles. The molecule has 1 saturated carbocycles. The Bertz CT molecular complexity index is 531. The number of amidine groups is 1. The van der Waals surface area contributed by atoms with E-state index in [0.29, 0.717) is 0 Å². The van der Waals surface area contributed by atoms with Crippen molar-refractivity contribution in [3.63, 3.8) is 0 Å². The van der Waals surface area contributed by atoms with Gasteiger partial charge in [-0.1, -0.05) is 17.3 Å². The van der Waals surface area contributed by atoms with Crippen LogP contribution in [-0.2, 0) is 0 Å². The number of piperazine rings is 1.